The van der Waals surface area contributed by atoms with Crippen LogP contribution in [0.5, 0.6) is 0 Å². The quantitative estimate of drug-likeness (QED) is 0.0262. The first-order valence-corrected chi connectivity index (χ1v) is 26.8. The molecule has 1 atom stereocenters. The monoisotopic (exact) mass is 881 g/mol. The highest BCUT2D eigenvalue weighted by Crippen LogP contribution is 2.15. The van der Waals surface area contributed by atoms with Crippen LogP contribution in [0.25, 0.3) is 0 Å². The molecule has 0 aromatic rings. The Kier molecular flexibility index (Phi) is 49.4. The van der Waals surface area contributed by atoms with Gasteiger partial charge < -0.3 is 14.2 Å². The van der Waals surface area contributed by atoms with Crippen LogP contribution < -0.4 is 0 Å². The molecule has 0 spiro atoms. The van der Waals surface area contributed by atoms with Gasteiger partial charge in [0.2, 0.25) is 0 Å². The van der Waals surface area contributed by atoms with Crippen LogP contribution in [0.3, 0.4) is 0 Å². The van der Waals surface area contributed by atoms with Crippen molar-refractivity contribution in [2.75, 3.05) is 13.2 Å². The van der Waals surface area contributed by atoms with Crippen molar-refractivity contribution in [3.05, 3.63) is 60.8 Å². The minimum atomic E-state index is -0.809. The summed E-state index contributed by atoms with van der Waals surface area (Å²) in [5, 5.41) is 0. The van der Waals surface area contributed by atoms with Gasteiger partial charge in [0.25, 0.3) is 0 Å². The van der Waals surface area contributed by atoms with Crippen LogP contribution in [0.15, 0.2) is 60.8 Å². The largest absolute Gasteiger partial charge is 0.462 e. The summed E-state index contributed by atoms with van der Waals surface area (Å²) in [5.74, 6) is -0.976. The highest BCUT2D eigenvalue weighted by atomic mass is 16.6. The second kappa shape index (κ2) is 51.7. The average Bonchev–Trinajstić information content (AvgIpc) is 3.28. The minimum absolute atomic E-state index is 0.100. The minimum Gasteiger partial charge on any atom is -0.462 e. The van der Waals surface area contributed by atoms with E-state index < -0.39 is 6.10 Å². The molecule has 0 aliphatic heterocycles. The molecule has 0 aliphatic rings. The van der Waals surface area contributed by atoms with E-state index in [0.717, 1.165) is 64.2 Å². The van der Waals surface area contributed by atoms with E-state index in [1.807, 2.05) is 6.08 Å². The number of carbonyl (C=O) groups is 3. The van der Waals surface area contributed by atoms with Gasteiger partial charge in [0.15, 0.2) is 6.10 Å². The molecule has 0 aliphatic carbocycles. The zero-order chi connectivity index (χ0) is 45.8. The lowest BCUT2D eigenvalue weighted by molar-refractivity contribution is -0.166. The molecule has 0 aromatic heterocycles. The van der Waals surface area contributed by atoms with Gasteiger partial charge in [0, 0.05) is 19.3 Å². The van der Waals surface area contributed by atoms with E-state index in [-0.39, 0.29) is 37.5 Å². The number of hydrogen-bond acceptors (Lipinski definition) is 6. The maximum atomic E-state index is 12.8. The van der Waals surface area contributed by atoms with Crippen molar-refractivity contribution in [1.82, 2.24) is 0 Å². The molecule has 6 heteroatoms. The maximum Gasteiger partial charge on any atom is 0.306 e. The van der Waals surface area contributed by atoms with Crippen molar-refractivity contribution < 1.29 is 28.6 Å². The van der Waals surface area contributed by atoms with E-state index >= 15 is 0 Å². The standard InChI is InChI=1S/C57H100O6/c1-4-7-10-13-16-19-22-24-26-27-28-29-31-33-36-39-42-45-48-51-57(60)63-54(52-61-55(58)49-46-43-40-37-34-21-18-15-12-9-6-3)53-62-56(59)50-47-44-41-38-35-32-30-25-23-20-17-14-11-8-5-2/h16,19,24,26,28-29,33,36,42,45,54H,4-15,17-18,20-23,25,27,30-32,34-35,37-41,43-44,46-53H2,1-3H3/b19-16-,26-24-,29-28-,36-33-,45-42-/t54-/m0/s1. The van der Waals surface area contributed by atoms with Crippen molar-refractivity contribution in [3.8, 4) is 0 Å². The second-order valence-corrected chi connectivity index (χ2v) is 17.8. The van der Waals surface area contributed by atoms with Crippen LogP contribution in [0.1, 0.15) is 265 Å². The SMILES string of the molecule is CCCCC/C=C\C/C=C\C/C=C\C/C=C\C/C=C\CCC(=O)O[C@@H](COC(=O)CCCCCCCCCCCCC)COC(=O)CCCCCCCCCCCCCCCCC. The molecular formula is C57H100O6. The number of carbonyl (C=O) groups excluding carboxylic acids is 3. The molecular weight excluding hydrogens is 781 g/mol. The van der Waals surface area contributed by atoms with E-state index in [1.54, 1.807) is 0 Å². The van der Waals surface area contributed by atoms with Crippen molar-refractivity contribution in [3.63, 3.8) is 0 Å². The summed E-state index contributed by atoms with van der Waals surface area (Å²) in [6, 6.07) is 0. The Morgan fingerprint density at radius 3 is 0.952 bits per heavy atom. The molecule has 0 saturated carbocycles. The zero-order valence-electron chi connectivity index (χ0n) is 41.6. The van der Waals surface area contributed by atoms with E-state index in [9.17, 15) is 14.4 Å². The Labute approximate surface area is 390 Å². The van der Waals surface area contributed by atoms with Gasteiger partial charge in [-0.1, -0.05) is 248 Å². The molecule has 0 rings (SSSR count). The number of hydrogen-bond donors (Lipinski definition) is 0. The Hall–Kier alpha value is -2.89. The first-order chi connectivity index (χ1) is 31.0. The predicted molar refractivity (Wildman–Crippen MR) is 270 cm³/mol. The van der Waals surface area contributed by atoms with Gasteiger partial charge in [0.05, 0.1) is 0 Å². The van der Waals surface area contributed by atoms with Crippen molar-refractivity contribution >= 4 is 17.9 Å². The van der Waals surface area contributed by atoms with E-state index in [4.69, 9.17) is 14.2 Å². The third-order valence-corrected chi connectivity index (χ3v) is 11.5. The van der Waals surface area contributed by atoms with Crippen LogP contribution in [-0.4, -0.2) is 37.2 Å². The first-order valence-electron chi connectivity index (χ1n) is 26.8. The predicted octanol–water partition coefficient (Wildman–Crippen LogP) is 17.6. The van der Waals surface area contributed by atoms with E-state index in [2.05, 4.69) is 75.5 Å². The molecule has 0 unspecified atom stereocenters. The van der Waals surface area contributed by atoms with Gasteiger partial charge in [-0.05, 0) is 57.8 Å². The Bertz CT molecular complexity index is 1150. The van der Waals surface area contributed by atoms with Gasteiger partial charge in [-0.3, -0.25) is 14.4 Å². The number of esters is 3. The smallest absolute Gasteiger partial charge is 0.306 e. The van der Waals surface area contributed by atoms with Crippen molar-refractivity contribution in [1.29, 1.82) is 0 Å². The molecule has 0 aromatic carbocycles. The van der Waals surface area contributed by atoms with Gasteiger partial charge >= 0.3 is 17.9 Å². The summed E-state index contributed by atoms with van der Waals surface area (Å²) < 4.78 is 16.7. The molecule has 0 heterocycles. The molecule has 0 radical (unpaired) electrons. The highest BCUT2D eigenvalue weighted by Gasteiger charge is 2.19. The lowest BCUT2D eigenvalue weighted by atomic mass is 10.0. The summed E-state index contributed by atoms with van der Waals surface area (Å²) in [4.78, 5) is 37.9. The molecule has 0 N–H and O–H groups in total. The second-order valence-electron chi connectivity index (χ2n) is 17.8. The number of ether oxygens (including phenoxy) is 3. The van der Waals surface area contributed by atoms with Crippen LogP contribution in [0.2, 0.25) is 0 Å². The van der Waals surface area contributed by atoms with Crippen LogP contribution in [0, 0.1) is 0 Å². The molecule has 0 amide bonds. The number of allylic oxidation sites excluding steroid dienone is 10. The third-order valence-electron chi connectivity index (χ3n) is 11.5. The van der Waals surface area contributed by atoms with Gasteiger partial charge in [-0.15, -0.1) is 0 Å². The lowest BCUT2D eigenvalue weighted by Crippen LogP contribution is -2.30. The van der Waals surface area contributed by atoms with Crippen molar-refractivity contribution in [2.24, 2.45) is 0 Å². The van der Waals surface area contributed by atoms with Gasteiger partial charge in [-0.2, -0.15) is 0 Å². The topological polar surface area (TPSA) is 78.9 Å². The lowest BCUT2D eigenvalue weighted by Gasteiger charge is -2.18. The van der Waals surface area contributed by atoms with E-state index in [1.165, 1.54) is 154 Å². The highest BCUT2D eigenvalue weighted by molar-refractivity contribution is 5.71. The molecule has 6 nitrogen and oxygen atoms in total. The number of unbranched alkanes of at least 4 members (excludes halogenated alkanes) is 27. The Balaban J connectivity index is 4.46. The fourth-order valence-corrected chi connectivity index (χ4v) is 7.48. The fourth-order valence-electron chi connectivity index (χ4n) is 7.48. The Morgan fingerprint density at radius 2 is 0.603 bits per heavy atom. The normalized spacial score (nSPS) is 12.5. The van der Waals surface area contributed by atoms with Crippen LogP contribution >= 0.6 is 0 Å². The van der Waals surface area contributed by atoms with Gasteiger partial charge in [-0.25, -0.2) is 0 Å². The molecule has 364 valence electrons. The summed E-state index contributed by atoms with van der Waals surface area (Å²) in [7, 11) is 0. The molecule has 63 heavy (non-hydrogen) atoms. The van der Waals surface area contributed by atoms with E-state index in [0.29, 0.717) is 19.3 Å². The van der Waals surface area contributed by atoms with Crippen molar-refractivity contribution in [2.45, 2.75) is 271 Å². The summed E-state index contributed by atoms with van der Waals surface area (Å²) in [5.41, 5.74) is 0. The van der Waals surface area contributed by atoms with Gasteiger partial charge in [0.1, 0.15) is 13.2 Å². The summed E-state index contributed by atoms with van der Waals surface area (Å²) in [6.07, 6.45) is 63.6. The number of rotatable bonds is 48. The third kappa shape index (κ3) is 50.0. The average molecular weight is 881 g/mol. The fraction of sp³-hybridized carbons (Fsp3) is 0.772. The summed E-state index contributed by atoms with van der Waals surface area (Å²) in [6.45, 7) is 6.56. The molecule has 0 bridgehead atoms. The zero-order valence-corrected chi connectivity index (χ0v) is 41.6. The summed E-state index contributed by atoms with van der Waals surface area (Å²) >= 11 is 0. The molecule has 0 fully saturated rings. The van der Waals surface area contributed by atoms with Crippen LogP contribution in [-0.2, 0) is 28.6 Å². The van der Waals surface area contributed by atoms with Crippen LogP contribution in [0.4, 0.5) is 0 Å². The molecule has 0 saturated heterocycles. The first kappa shape index (κ1) is 60.1. The maximum absolute atomic E-state index is 12.8. The Morgan fingerprint density at radius 1 is 0.317 bits per heavy atom.